The van der Waals surface area contributed by atoms with Crippen molar-refractivity contribution in [3.05, 3.63) is 40.6 Å². The molecule has 1 aromatic rings. The summed E-state index contributed by atoms with van der Waals surface area (Å²) in [6.45, 7) is 1.66. The molecule has 0 fully saturated rings. The highest BCUT2D eigenvalue weighted by molar-refractivity contribution is 5.99. The number of methoxy groups -OCH3 is 2. The summed E-state index contributed by atoms with van der Waals surface area (Å²) in [6, 6.07) is 6.80. The van der Waals surface area contributed by atoms with Crippen LogP contribution < -0.4 is 5.32 Å². The fourth-order valence-electron chi connectivity index (χ4n) is 1.67. The van der Waals surface area contributed by atoms with Crippen LogP contribution in [0.4, 0.5) is 5.69 Å². The first kappa shape index (κ1) is 16.7. The van der Waals surface area contributed by atoms with Gasteiger partial charge in [0.2, 0.25) is 0 Å². The van der Waals surface area contributed by atoms with Gasteiger partial charge < -0.3 is 14.8 Å². The van der Waals surface area contributed by atoms with Gasteiger partial charge in [0.15, 0.2) is 0 Å². The van der Waals surface area contributed by atoms with Gasteiger partial charge in [-0.05, 0) is 24.6 Å². The lowest BCUT2D eigenvalue weighted by atomic mass is 10.0. The number of anilines is 1. The summed E-state index contributed by atoms with van der Waals surface area (Å²) >= 11 is 0. The van der Waals surface area contributed by atoms with Crippen LogP contribution in [0.25, 0.3) is 0 Å². The minimum absolute atomic E-state index is 0.163. The molecule has 7 heteroatoms. The van der Waals surface area contributed by atoms with Crippen molar-refractivity contribution in [2.45, 2.75) is 6.92 Å². The molecule has 0 aliphatic rings. The molecule has 22 heavy (non-hydrogen) atoms. The van der Waals surface area contributed by atoms with Crippen LogP contribution in [0.2, 0.25) is 0 Å². The zero-order valence-corrected chi connectivity index (χ0v) is 12.3. The molecule has 7 nitrogen and oxygen atoms in total. The van der Waals surface area contributed by atoms with E-state index >= 15 is 0 Å². The molecule has 0 atom stereocenters. The van der Waals surface area contributed by atoms with Crippen molar-refractivity contribution in [3.63, 3.8) is 0 Å². The Labute approximate surface area is 127 Å². The molecular weight excluding hydrogens is 286 g/mol. The lowest BCUT2D eigenvalue weighted by Crippen LogP contribution is -2.16. The summed E-state index contributed by atoms with van der Waals surface area (Å²) in [5, 5.41) is 20.8. The Balaban J connectivity index is 3.34. The Kier molecular flexibility index (Phi) is 5.67. The molecule has 0 spiro atoms. The molecule has 112 valence electrons. The quantitative estimate of drug-likeness (QED) is 0.660. The second-order valence-corrected chi connectivity index (χ2v) is 4.14. The average molecular weight is 299 g/mol. The van der Waals surface area contributed by atoms with Crippen LogP contribution in [-0.2, 0) is 19.1 Å². The molecule has 0 bridgehead atoms. The van der Waals surface area contributed by atoms with Gasteiger partial charge in [0, 0.05) is 0 Å². The molecule has 1 aromatic carbocycles. The largest absolute Gasteiger partial charge is 0.466 e. The van der Waals surface area contributed by atoms with Gasteiger partial charge in [0.25, 0.3) is 0 Å². The number of aryl methyl sites for hydroxylation is 1. The van der Waals surface area contributed by atoms with E-state index in [0.717, 1.165) is 13.2 Å². The second kappa shape index (κ2) is 7.46. The van der Waals surface area contributed by atoms with E-state index < -0.39 is 11.9 Å². The number of hydrogen-bond acceptors (Lipinski definition) is 7. The van der Waals surface area contributed by atoms with Crippen molar-refractivity contribution < 1.29 is 19.1 Å². The smallest absolute Gasteiger partial charge is 0.354 e. The molecule has 1 rings (SSSR count). The lowest BCUT2D eigenvalue weighted by Gasteiger charge is -2.13. The van der Waals surface area contributed by atoms with Gasteiger partial charge in [0.05, 0.1) is 43.2 Å². The van der Waals surface area contributed by atoms with E-state index in [2.05, 4.69) is 14.8 Å². The fourth-order valence-corrected chi connectivity index (χ4v) is 1.67. The average Bonchev–Trinajstić information content (AvgIpc) is 2.54. The number of benzene rings is 1. The zero-order valence-electron chi connectivity index (χ0n) is 12.3. The Morgan fingerprint density at radius 1 is 1.18 bits per heavy atom. The first-order chi connectivity index (χ1) is 10.5. The van der Waals surface area contributed by atoms with Gasteiger partial charge in [-0.2, -0.15) is 10.5 Å². The number of hydrogen-bond donors (Lipinski definition) is 1. The Hall–Kier alpha value is -3.32. The maximum Gasteiger partial charge on any atom is 0.354 e. The Morgan fingerprint density at radius 2 is 1.86 bits per heavy atom. The molecule has 0 radical (unpaired) electrons. The number of nitriles is 2. The second-order valence-electron chi connectivity index (χ2n) is 4.14. The number of nitrogens with zero attached hydrogens (tertiary/aromatic N) is 2. The van der Waals surface area contributed by atoms with Crippen LogP contribution in [0.5, 0.6) is 0 Å². The third-order valence-corrected chi connectivity index (χ3v) is 2.71. The highest BCUT2D eigenvalue weighted by atomic mass is 16.5. The first-order valence-corrected chi connectivity index (χ1v) is 6.06. The third kappa shape index (κ3) is 3.84. The first-order valence-electron chi connectivity index (χ1n) is 6.06. The van der Waals surface area contributed by atoms with E-state index in [1.807, 2.05) is 12.1 Å². The minimum atomic E-state index is -0.793. The standard InChI is InChI=1S/C15H13N3O4/c1-9-4-10(7-16)5-11(8-17)14(9)18-12(15(20)22-3)6-13(19)21-2/h4-6,18H,1-3H3/b12-6+. The molecule has 0 aliphatic heterocycles. The van der Waals surface area contributed by atoms with Crippen LogP contribution in [-0.4, -0.2) is 26.2 Å². The summed E-state index contributed by atoms with van der Waals surface area (Å²) in [5.74, 6) is -1.55. The SMILES string of the molecule is COC(=O)/C=C(/Nc1c(C)cc(C#N)cc1C#N)C(=O)OC. The molecule has 0 heterocycles. The summed E-state index contributed by atoms with van der Waals surface area (Å²) in [5.41, 5.74) is 1.17. The summed E-state index contributed by atoms with van der Waals surface area (Å²) in [6.07, 6.45) is 0.921. The number of nitrogens with one attached hydrogen (secondary N) is 1. The number of esters is 2. The third-order valence-electron chi connectivity index (χ3n) is 2.71. The van der Waals surface area contributed by atoms with E-state index in [4.69, 9.17) is 5.26 Å². The van der Waals surface area contributed by atoms with Crippen molar-refractivity contribution in [1.82, 2.24) is 0 Å². The predicted octanol–water partition coefficient (Wildman–Crippen LogP) is 1.38. The van der Waals surface area contributed by atoms with E-state index in [1.54, 1.807) is 13.0 Å². The molecule has 0 amide bonds. The monoisotopic (exact) mass is 299 g/mol. The van der Waals surface area contributed by atoms with Crippen molar-refractivity contribution in [3.8, 4) is 12.1 Å². The van der Waals surface area contributed by atoms with Crippen molar-refractivity contribution in [2.75, 3.05) is 19.5 Å². The van der Waals surface area contributed by atoms with Gasteiger partial charge >= 0.3 is 11.9 Å². The van der Waals surface area contributed by atoms with Gasteiger partial charge in [-0.1, -0.05) is 0 Å². The number of carbonyl (C=O) groups is 2. The molecule has 0 aliphatic carbocycles. The maximum atomic E-state index is 11.7. The van der Waals surface area contributed by atoms with Crippen molar-refractivity contribution in [1.29, 1.82) is 10.5 Å². The number of ether oxygens (including phenoxy) is 2. The Bertz CT molecular complexity index is 724. The van der Waals surface area contributed by atoms with E-state index in [1.165, 1.54) is 13.2 Å². The zero-order chi connectivity index (χ0) is 16.7. The molecule has 1 N–H and O–H groups in total. The highest BCUT2D eigenvalue weighted by Gasteiger charge is 2.16. The van der Waals surface area contributed by atoms with Crippen LogP contribution in [0, 0.1) is 29.6 Å². The van der Waals surface area contributed by atoms with Gasteiger partial charge in [-0.3, -0.25) is 0 Å². The molecular formula is C15H13N3O4. The maximum absolute atomic E-state index is 11.7. The number of carbonyl (C=O) groups excluding carboxylic acids is 2. The molecule has 0 aromatic heterocycles. The van der Waals surface area contributed by atoms with E-state index in [0.29, 0.717) is 16.8 Å². The van der Waals surface area contributed by atoms with E-state index in [-0.39, 0.29) is 11.3 Å². The highest BCUT2D eigenvalue weighted by Crippen LogP contribution is 2.24. The van der Waals surface area contributed by atoms with Crippen LogP contribution in [0.1, 0.15) is 16.7 Å². The van der Waals surface area contributed by atoms with E-state index in [9.17, 15) is 14.9 Å². The van der Waals surface area contributed by atoms with Gasteiger partial charge in [-0.15, -0.1) is 0 Å². The summed E-state index contributed by atoms with van der Waals surface area (Å²) in [7, 11) is 2.33. The fraction of sp³-hybridized carbons (Fsp3) is 0.200. The Morgan fingerprint density at radius 3 is 2.36 bits per heavy atom. The lowest BCUT2D eigenvalue weighted by molar-refractivity contribution is -0.138. The molecule has 0 unspecified atom stereocenters. The number of rotatable bonds is 4. The normalized spacial score (nSPS) is 10.1. The van der Waals surface area contributed by atoms with Gasteiger partial charge in [0.1, 0.15) is 11.8 Å². The minimum Gasteiger partial charge on any atom is -0.466 e. The predicted molar refractivity (Wildman–Crippen MR) is 76.3 cm³/mol. The van der Waals surface area contributed by atoms with Gasteiger partial charge in [-0.25, -0.2) is 9.59 Å². The van der Waals surface area contributed by atoms with Crippen LogP contribution in [0.15, 0.2) is 23.9 Å². The van der Waals surface area contributed by atoms with Crippen LogP contribution >= 0.6 is 0 Å². The molecule has 0 saturated heterocycles. The van der Waals surface area contributed by atoms with Crippen molar-refractivity contribution >= 4 is 17.6 Å². The molecule has 0 saturated carbocycles. The summed E-state index contributed by atoms with van der Waals surface area (Å²) < 4.78 is 9.04. The van der Waals surface area contributed by atoms with Crippen molar-refractivity contribution in [2.24, 2.45) is 0 Å². The summed E-state index contributed by atoms with van der Waals surface area (Å²) in [4.78, 5) is 23.0. The topological polar surface area (TPSA) is 112 Å². The van der Waals surface area contributed by atoms with Crippen LogP contribution in [0.3, 0.4) is 0 Å².